The molecular formula is C21H25N3O3. The Bertz CT molecular complexity index is 836. The summed E-state index contributed by atoms with van der Waals surface area (Å²) in [5.74, 6) is 0.786. The van der Waals surface area contributed by atoms with Gasteiger partial charge in [-0.3, -0.25) is 14.6 Å². The van der Waals surface area contributed by atoms with Gasteiger partial charge in [0, 0.05) is 49.7 Å². The maximum absolute atomic E-state index is 13.0. The van der Waals surface area contributed by atoms with Crippen LogP contribution in [0, 0.1) is 13.8 Å². The molecule has 1 aromatic carbocycles. The largest absolute Gasteiger partial charge is 0.496 e. The van der Waals surface area contributed by atoms with Crippen molar-refractivity contribution >= 4 is 11.8 Å². The van der Waals surface area contributed by atoms with Gasteiger partial charge >= 0.3 is 0 Å². The molecule has 2 amide bonds. The maximum atomic E-state index is 13.0. The molecule has 0 atom stereocenters. The Balaban J connectivity index is 1.72. The van der Waals surface area contributed by atoms with Crippen LogP contribution in [0.2, 0.25) is 0 Å². The van der Waals surface area contributed by atoms with Crippen molar-refractivity contribution in [3.05, 3.63) is 58.9 Å². The van der Waals surface area contributed by atoms with Gasteiger partial charge in [-0.1, -0.05) is 0 Å². The van der Waals surface area contributed by atoms with Gasteiger partial charge in [0.1, 0.15) is 5.75 Å². The molecule has 27 heavy (non-hydrogen) atoms. The normalized spacial score (nSPS) is 14.6. The summed E-state index contributed by atoms with van der Waals surface area (Å²) in [5.41, 5.74) is 3.24. The quantitative estimate of drug-likeness (QED) is 0.837. The first-order valence-electron chi connectivity index (χ1n) is 9.15. The maximum Gasteiger partial charge on any atom is 0.254 e. The van der Waals surface area contributed by atoms with E-state index in [9.17, 15) is 9.59 Å². The van der Waals surface area contributed by atoms with Gasteiger partial charge in [-0.2, -0.15) is 0 Å². The summed E-state index contributed by atoms with van der Waals surface area (Å²) >= 11 is 0. The smallest absolute Gasteiger partial charge is 0.254 e. The monoisotopic (exact) mass is 367 g/mol. The minimum Gasteiger partial charge on any atom is -0.496 e. The van der Waals surface area contributed by atoms with Gasteiger partial charge in [-0.25, -0.2) is 0 Å². The van der Waals surface area contributed by atoms with Crippen molar-refractivity contribution in [1.29, 1.82) is 0 Å². The lowest BCUT2D eigenvalue weighted by Gasteiger charge is -2.23. The molecule has 1 saturated heterocycles. The molecule has 6 nitrogen and oxygen atoms in total. The molecular weight excluding hydrogens is 342 g/mol. The average molecular weight is 367 g/mol. The number of pyridine rings is 1. The first-order valence-corrected chi connectivity index (χ1v) is 9.15. The molecule has 1 aliphatic heterocycles. The van der Waals surface area contributed by atoms with E-state index in [0.717, 1.165) is 23.3 Å². The highest BCUT2D eigenvalue weighted by Gasteiger charge is 2.25. The number of carbonyl (C=O) groups is 2. The first kappa shape index (κ1) is 18.9. The predicted octanol–water partition coefficient (Wildman–Crippen LogP) is 2.70. The topological polar surface area (TPSA) is 62.7 Å². The van der Waals surface area contributed by atoms with Gasteiger partial charge in [0.25, 0.3) is 11.8 Å². The summed E-state index contributed by atoms with van der Waals surface area (Å²) in [6.07, 6.45) is 4.00. The van der Waals surface area contributed by atoms with E-state index in [0.29, 0.717) is 37.3 Å². The van der Waals surface area contributed by atoms with Crippen LogP contribution in [0.25, 0.3) is 0 Å². The fourth-order valence-corrected chi connectivity index (χ4v) is 3.42. The number of hydrogen-bond acceptors (Lipinski definition) is 4. The van der Waals surface area contributed by atoms with Crippen molar-refractivity contribution < 1.29 is 14.3 Å². The highest BCUT2D eigenvalue weighted by Crippen LogP contribution is 2.25. The summed E-state index contributed by atoms with van der Waals surface area (Å²) < 4.78 is 5.33. The molecule has 3 rings (SSSR count). The van der Waals surface area contributed by atoms with Crippen molar-refractivity contribution in [3.8, 4) is 5.75 Å². The number of aromatic nitrogens is 1. The number of ether oxygens (including phenoxy) is 1. The second kappa shape index (κ2) is 8.20. The third-order valence-corrected chi connectivity index (χ3v) is 5.19. The van der Waals surface area contributed by atoms with E-state index in [-0.39, 0.29) is 11.8 Å². The number of carbonyl (C=O) groups excluding carboxylic acids is 2. The molecule has 0 radical (unpaired) electrons. The van der Waals surface area contributed by atoms with Gasteiger partial charge in [0.05, 0.1) is 7.11 Å². The van der Waals surface area contributed by atoms with Crippen LogP contribution in [0.15, 0.2) is 36.7 Å². The van der Waals surface area contributed by atoms with E-state index < -0.39 is 0 Å². The zero-order chi connectivity index (χ0) is 19.4. The van der Waals surface area contributed by atoms with E-state index in [1.165, 1.54) is 0 Å². The van der Waals surface area contributed by atoms with Crippen LogP contribution in [-0.4, -0.2) is 59.9 Å². The van der Waals surface area contributed by atoms with E-state index in [1.807, 2.05) is 35.8 Å². The predicted molar refractivity (Wildman–Crippen MR) is 103 cm³/mol. The summed E-state index contributed by atoms with van der Waals surface area (Å²) in [5, 5.41) is 0. The highest BCUT2D eigenvalue weighted by atomic mass is 16.5. The molecule has 0 bridgehead atoms. The minimum atomic E-state index is -0.0110. The third-order valence-electron chi connectivity index (χ3n) is 5.19. The molecule has 1 aliphatic rings. The lowest BCUT2D eigenvalue weighted by Crippen LogP contribution is -2.37. The highest BCUT2D eigenvalue weighted by molar-refractivity contribution is 5.96. The number of rotatable bonds is 3. The van der Waals surface area contributed by atoms with Crippen LogP contribution >= 0.6 is 0 Å². The van der Waals surface area contributed by atoms with Crippen LogP contribution in [0.3, 0.4) is 0 Å². The van der Waals surface area contributed by atoms with Gasteiger partial charge in [0.15, 0.2) is 0 Å². The molecule has 2 heterocycles. The second-order valence-electron chi connectivity index (χ2n) is 6.74. The van der Waals surface area contributed by atoms with Gasteiger partial charge in [0.2, 0.25) is 0 Å². The lowest BCUT2D eigenvalue weighted by molar-refractivity contribution is 0.0718. The van der Waals surface area contributed by atoms with Crippen molar-refractivity contribution in [1.82, 2.24) is 14.8 Å². The molecule has 0 spiro atoms. The Morgan fingerprint density at radius 3 is 2.15 bits per heavy atom. The summed E-state index contributed by atoms with van der Waals surface area (Å²) in [4.78, 5) is 33.3. The molecule has 0 unspecified atom stereocenters. The number of amides is 2. The van der Waals surface area contributed by atoms with Gasteiger partial charge in [-0.15, -0.1) is 0 Å². The van der Waals surface area contributed by atoms with Crippen LogP contribution in [0.5, 0.6) is 5.75 Å². The van der Waals surface area contributed by atoms with Crippen LogP contribution in [0.1, 0.15) is 38.3 Å². The number of methoxy groups -OCH3 is 1. The summed E-state index contributed by atoms with van der Waals surface area (Å²) in [7, 11) is 1.63. The SMILES string of the molecule is COc1ccc(C(=O)N2CCCN(C(=O)c3ccncc3)CC2)c(C)c1C. The van der Waals surface area contributed by atoms with E-state index in [1.54, 1.807) is 31.6 Å². The molecule has 0 aliphatic carbocycles. The fraction of sp³-hybridized carbons (Fsp3) is 0.381. The van der Waals surface area contributed by atoms with Crippen LogP contribution < -0.4 is 4.74 Å². The van der Waals surface area contributed by atoms with E-state index >= 15 is 0 Å². The van der Waals surface area contributed by atoms with Crippen molar-refractivity contribution in [3.63, 3.8) is 0 Å². The fourth-order valence-electron chi connectivity index (χ4n) is 3.42. The lowest BCUT2D eigenvalue weighted by atomic mass is 10.0. The number of hydrogen-bond donors (Lipinski definition) is 0. The molecule has 6 heteroatoms. The van der Waals surface area contributed by atoms with Gasteiger partial charge < -0.3 is 14.5 Å². The van der Waals surface area contributed by atoms with E-state index in [2.05, 4.69) is 4.98 Å². The van der Waals surface area contributed by atoms with Crippen LogP contribution in [0.4, 0.5) is 0 Å². The molecule has 2 aromatic rings. The Morgan fingerprint density at radius 1 is 0.889 bits per heavy atom. The molecule has 142 valence electrons. The zero-order valence-electron chi connectivity index (χ0n) is 16.1. The van der Waals surface area contributed by atoms with Crippen molar-refractivity contribution in [2.45, 2.75) is 20.3 Å². The standard InChI is InChI=1S/C21H25N3O3/c1-15-16(2)19(27-3)6-5-18(15)21(26)24-12-4-11-23(13-14-24)20(25)17-7-9-22-10-8-17/h5-10H,4,11-14H2,1-3H3. The summed E-state index contributed by atoms with van der Waals surface area (Å²) in [6, 6.07) is 7.11. The Hall–Kier alpha value is -2.89. The Labute approximate surface area is 159 Å². The molecule has 1 aromatic heterocycles. The van der Waals surface area contributed by atoms with Crippen LogP contribution in [-0.2, 0) is 0 Å². The molecule has 1 fully saturated rings. The van der Waals surface area contributed by atoms with Crippen molar-refractivity contribution in [2.24, 2.45) is 0 Å². The second-order valence-corrected chi connectivity index (χ2v) is 6.74. The zero-order valence-corrected chi connectivity index (χ0v) is 16.1. The van der Waals surface area contributed by atoms with Gasteiger partial charge in [-0.05, 0) is 55.7 Å². The summed E-state index contributed by atoms with van der Waals surface area (Å²) in [6.45, 7) is 6.25. The number of benzene rings is 1. The van der Waals surface area contributed by atoms with Crippen molar-refractivity contribution in [2.75, 3.05) is 33.3 Å². The first-order chi connectivity index (χ1) is 13.0. The Morgan fingerprint density at radius 2 is 1.52 bits per heavy atom. The third kappa shape index (κ3) is 3.94. The molecule has 0 N–H and O–H groups in total. The average Bonchev–Trinajstić information content (AvgIpc) is 2.96. The molecule has 0 saturated carbocycles. The van der Waals surface area contributed by atoms with E-state index in [4.69, 9.17) is 4.74 Å². The number of nitrogens with zero attached hydrogens (tertiary/aromatic N) is 3. The Kier molecular flexibility index (Phi) is 5.74. The minimum absolute atomic E-state index is 0.0106.